The molecule has 0 bridgehead atoms. The lowest BCUT2D eigenvalue weighted by Gasteiger charge is -1.98. The molecule has 0 radical (unpaired) electrons. The van der Waals surface area contributed by atoms with Crippen LogP contribution in [-0.4, -0.2) is 13.0 Å². The Balaban J connectivity index is 0.000000671. The van der Waals surface area contributed by atoms with Crippen molar-refractivity contribution in [2.45, 2.75) is 13.8 Å². The first-order valence-corrected chi connectivity index (χ1v) is 4.59. The van der Waals surface area contributed by atoms with E-state index in [9.17, 15) is 4.79 Å². The van der Waals surface area contributed by atoms with Gasteiger partial charge in [0.25, 0.3) is 5.91 Å². The van der Waals surface area contributed by atoms with Crippen LogP contribution >= 0.6 is 11.6 Å². The van der Waals surface area contributed by atoms with Gasteiger partial charge in [-0.05, 0) is 18.2 Å². The minimum Gasteiger partial charge on any atom is -0.355 e. The van der Waals surface area contributed by atoms with Gasteiger partial charge in [0.05, 0.1) is 0 Å². The summed E-state index contributed by atoms with van der Waals surface area (Å²) < 4.78 is 0. The van der Waals surface area contributed by atoms with Crippen molar-refractivity contribution >= 4 is 17.5 Å². The van der Waals surface area contributed by atoms with Gasteiger partial charge in [0.2, 0.25) is 0 Å². The van der Waals surface area contributed by atoms with Gasteiger partial charge in [-0.2, -0.15) is 0 Å². The molecule has 1 amide bonds. The first-order chi connectivity index (χ1) is 6.24. The first kappa shape index (κ1) is 12.0. The van der Waals surface area contributed by atoms with E-state index in [4.69, 9.17) is 11.6 Å². The molecule has 0 heterocycles. The van der Waals surface area contributed by atoms with Crippen molar-refractivity contribution < 1.29 is 4.79 Å². The molecule has 0 saturated heterocycles. The maximum Gasteiger partial charge on any atom is 0.251 e. The van der Waals surface area contributed by atoms with Crippen LogP contribution in [0.5, 0.6) is 0 Å². The quantitative estimate of drug-likeness (QED) is 0.741. The van der Waals surface area contributed by atoms with E-state index < -0.39 is 0 Å². The SMILES string of the molecule is CC.CNC(=O)c1cccc(Cl)c1. The highest BCUT2D eigenvalue weighted by Crippen LogP contribution is 2.09. The molecular weight excluding hydrogens is 186 g/mol. The zero-order valence-corrected chi connectivity index (χ0v) is 8.85. The highest BCUT2D eigenvalue weighted by molar-refractivity contribution is 6.30. The second kappa shape index (κ2) is 6.49. The monoisotopic (exact) mass is 199 g/mol. The molecule has 0 aliphatic heterocycles. The number of hydrogen-bond acceptors (Lipinski definition) is 1. The van der Waals surface area contributed by atoms with Crippen LogP contribution < -0.4 is 5.32 Å². The van der Waals surface area contributed by atoms with Gasteiger partial charge in [0, 0.05) is 17.6 Å². The molecular formula is C10H14ClNO. The Bertz CT molecular complexity index is 273. The van der Waals surface area contributed by atoms with Gasteiger partial charge in [-0.25, -0.2) is 0 Å². The fourth-order valence-corrected chi connectivity index (χ4v) is 0.964. The smallest absolute Gasteiger partial charge is 0.251 e. The van der Waals surface area contributed by atoms with Crippen LogP contribution in [-0.2, 0) is 0 Å². The lowest BCUT2D eigenvalue weighted by atomic mass is 10.2. The molecule has 72 valence electrons. The van der Waals surface area contributed by atoms with Gasteiger partial charge in [-0.1, -0.05) is 31.5 Å². The van der Waals surface area contributed by atoms with Crippen LogP contribution in [0.4, 0.5) is 0 Å². The fraction of sp³-hybridized carbons (Fsp3) is 0.300. The first-order valence-electron chi connectivity index (χ1n) is 4.21. The van der Waals surface area contributed by atoms with Crippen molar-refractivity contribution in [1.82, 2.24) is 5.32 Å². The summed E-state index contributed by atoms with van der Waals surface area (Å²) in [6, 6.07) is 6.81. The van der Waals surface area contributed by atoms with Gasteiger partial charge in [-0.3, -0.25) is 4.79 Å². The molecule has 0 aliphatic carbocycles. The highest BCUT2D eigenvalue weighted by atomic mass is 35.5. The summed E-state index contributed by atoms with van der Waals surface area (Å²) in [7, 11) is 1.59. The number of amides is 1. The van der Waals surface area contributed by atoms with Crippen molar-refractivity contribution in [2.75, 3.05) is 7.05 Å². The molecule has 0 spiro atoms. The molecule has 0 atom stereocenters. The molecule has 1 aromatic rings. The Hall–Kier alpha value is -1.02. The van der Waals surface area contributed by atoms with Gasteiger partial charge in [-0.15, -0.1) is 0 Å². The summed E-state index contributed by atoms with van der Waals surface area (Å²) in [6.45, 7) is 4.00. The number of carbonyl (C=O) groups is 1. The second-order valence-corrected chi connectivity index (χ2v) is 2.53. The topological polar surface area (TPSA) is 29.1 Å². The summed E-state index contributed by atoms with van der Waals surface area (Å²) in [5, 5.41) is 3.09. The zero-order valence-electron chi connectivity index (χ0n) is 8.10. The van der Waals surface area contributed by atoms with Crippen molar-refractivity contribution in [1.29, 1.82) is 0 Å². The predicted molar refractivity (Wildman–Crippen MR) is 56.2 cm³/mol. The third kappa shape index (κ3) is 3.95. The fourth-order valence-electron chi connectivity index (χ4n) is 0.774. The van der Waals surface area contributed by atoms with Gasteiger partial charge in [0.15, 0.2) is 0 Å². The maximum atomic E-state index is 11.0. The van der Waals surface area contributed by atoms with Gasteiger partial charge in [0.1, 0.15) is 0 Å². The Kier molecular flexibility index (Phi) is 5.98. The normalized spacial score (nSPS) is 8.31. The molecule has 1 aromatic carbocycles. The van der Waals surface area contributed by atoms with Crippen LogP contribution in [0.2, 0.25) is 5.02 Å². The van der Waals surface area contributed by atoms with E-state index >= 15 is 0 Å². The van der Waals surface area contributed by atoms with Crippen molar-refractivity contribution in [3.63, 3.8) is 0 Å². The standard InChI is InChI=1S/C8H8ClNO.C2H6/c1-10-8(11)6-3-2-4-7(9)5-6;1-2/h2-5H,1H3,(H,10,11);1-2H3. The van der Waals surface area contributed by atoms with E-state index in [1.165, 1.54) is 0 Å². The van der Waals surface area contributed by atoms with E-state index in [-0.39, 0.29) is 5.91 Å². The number of nitrogens with one attached hydrogen (secondary N) is 1. The third-order valence-corrected chi connectivity index (χ3v) is 1.55. The molecule has 0 aliphatic rings. The lowest BCUT2D eigenvalue weighted by Crippen LogP contribution is -2.17. The summed E-state index contributed by atoms with van der Waals surface area (Å²) >= 11 is 5.67. The predicted octanol–water partition coefficient (Wildman–Crippen LogP) is 2.73. The Morgan fingerprint density at radius 3 is 2.46 bits per heavy atom. The van der Waals surface area contributed by atoms with E-state index in [2.05, 4.69) is 5.32 Å². The minimum atomic E-state index is -0.118. The largest absolute Gasteiger partial charge is 0.355 e. The van der Waals surface area contributed by atoms with Crippen LogP contribution in [0.15, 0.2) is 24.3 Å². The summed E-state index contributed by atoms with van der Waals surface area (Å²) in [4.78, 5) is 11.0. The lowest BCUT2D eigenvalue weighted by molar-refractivity contribution is 0.0963. The van der Waals surface area contributed by atoms with Crippen molar-refractivity contribution in [2.24, 2.45) is 0 Å². The van der Waals surface area contributed by atoms with Crippen LogP contribution in [0, 0.1) is 0 Å². The minimum absolute atomic E-state index is 0.118. The van der Waals surface area contributed by atoms with E-state index in [1.807, 2.05) is 13.8 Å². The Labute approximate surface area is 83.9 Å². The highest BCUT2D eigenvalue weighted by Gasteiger charge is 2.01. The number of carbonyl (C=O) groups excluding carboxylic acids is 1. The van der Waals surface area contributed by atoms with E-state index in [0.717, 1.165) is 0 Å². The van der Waals surface area contributed by atoms with E-state index in [1.54, 1.807) is 31.3 Å². The Morgan fingerprint density at radius 1 is 1.38 bits per heavy atom. The van der Waals surface area contributed by atoms with Crippen LogP contribution in [0.3, 0.4) is 0 Å². The molecule has 0 fully saturated rings. The zero-order chi connectivity index (χ0) is 10.3. The molecule has 0 aromatic heterocycles. The molecule has 0 unspecified atom stereocenters. The molecule has 1 N–H and O–H groups in total. The van der Waals surface area contributed by atoms with Crippen molar-refractivity contribution in [3.8, 4) is 0 Å². The molecule has 0 saturated carbocycles. The molecule has 3 heteroatoms. The van der Waals surface area contributed by atoms with Crippen molar-refractivity contribution in [3.05, 3.63) is 34.9 Å². The maximum absolute atomic E-state index is 11.0. The summed E-state index contributed by atoms with van der Waals surface area (Å²) in [5.41, 5.74) is 0.583. The number of halogens is 1. The number of benzene rings is 1. The van der Waals surface area contributed by atoms with E-state index in [0.29, 0.717) is 10.6 Å². The average molecular weight is 200 g/mol. The summed E-state index contributed by atoms with van der Waals surface area (Å²) in [5.74, 6) is -0.118. The summed E-state index contributed by atoms with van der Waals surface area (Å²) in [6.07, 6.45) is 0. The van der Waals surface area contributed by atoms with Crippen LogP contribution in [0.25, 0.3) is 0 Å². The average Bonchev–Trinajstić information content (AvgIpc) is 2.20. The van der Waals surface area contributed by atoms with Crippen LogP contribution in [0.1, 0.15) is 24.2 Å². The number of hydrogen-bond donors (Lipinski definition) is 1. The van der Waals surface area contributed by atoms with Gasteiger partial charge < -0.3 is 5.32 Å². The second-order valence-electron chi connectivity index (χ2n) is 2.09. The number of rotatable bonds is 1. The molecule has 13 heavy (non-hydrogen) atoms. The third-order valence-electron chi connectivity index (χ3n) is 1.31. The van der Waals surface area contributed by atoms with Gasteiger partial charge >= 0.3 is 0 Å². The molecule has 1 rings (SSSR count). The Morgan fingerprint density at radius 2 is 2.00 bits per heavy atom. The molecule has 2 nitrogen and oxygen atoms in total.